The van der Waals surface area contributed by atoms with Gasteiger partial charge in [0.1, 0.15) is 24.4 Å². The molecule has 2 amide bonds. The summed E-state index contributed by atoms with van der Waals surface area (Å²) in [5.41, 5.74) is 7.97. The van der Waals surface area contributed by atoms with Crippen molar-refractivity contribution >= 4 is 29.7 Å². The van der Waals surface area contributed by atoms with E-state index in [0.29, 0.717) is 0 Å². The molecular formula is C34H45N3O10. The van der Waals surface area contributed by atoms with Crippen LogP contribution in [-0.2, 0) is 42.9 Å². The van der Waals surface area contributed by atoms with E-state index in [-0.39, 0.29) is 38.9 Å². The zero-order chi connectivity index (χ0) is 34.8. The minimum Gasteiger partial charge on any atom is -0.480 e. The molecule has 2 aromatic rings. The topological polar surface area (TPSA) is 193 Å². The van der Waals surface area contributed by atoms with Gasteiger partial charge in [-0.05, 0) is 63.3 Å². The molecule has 0 saturated heterocycles. The van der Waals surface area contributed by atoms with Gasteiger partial charge in [-0.2, -0.15) is 0 Å². The van der Waals surface area contributed by atoms with Gasteiger partial charge in [0.2, 0.25) is 11.8 Å². The number of amides is 2. The fourth-order valence-electron chi connectivity index (χ4n) is 5.02. The highest BCUT2D eigenvalue weighted by Crippen LogP contribution is 2.44. The van der Waals surface area contributed by atoms with Gasteiger partial charge in [0.15, 0.2) is 5.92 Å². The van der Waals surface area contributed by atoms with Crippen LogP contribution in [0.25, 0.3) is 11.1 Å². The van der Waals surface area contributed by atoms with Crippen molar-refractivity contribution in [1.29, 1.82) is 0 Å². The second-order valence-electron chi connectivity index (χ2n) is 12.7. The molecule has 256 valence electrons. The third kappa shape index (κ3) is 10.9. The summed E-state index contributed by atoms with van der Waals surface area (Å²) in [6.07, 6.45) is -0.410. The van der Waals surface area contributed by atoms with E-state index in [1.165, 1.54) is 13.8 Å². The number of benzene rings is 2. The molecule has 0 aromatic heterocycles. The summed E-state index contributed by atoms with van der Waals surface area (Å²) in [6.45, 7) is 7.94. The van der Waals surface area contributed by atoms with E-state index in [2.05, 4.69) is 10.6 Å². The minimum absolute atomic E-state index is 0.0279. The Morgan fingerprint density at radius 3 is 2.00 bits per heavy atom. The highest BCUT2D eigenvalue weighted by molar-refractivity contribution is 5.97. The quantitative estimate of drug-likeness (QED) is 0.111. The Kier molecular flexibility index (Phi) is 13.0. The molecular weight excluding hydrogens is 610 g/mol. The molecule has 5 N–H and O–H groups in total. The number of fused-ring (bicyclic) bond motifs is 3. The van der Waals surface area contributed by atoms with Gasteiger partial charge in [-0.1, -0.05) is 48.5 Å². The van der Waals surface area contributed by atoms with Crippen molar-refractivity contribution in [3.8, 4) is 11.1 Å². The predicted molar refractivity (Wildman–Crippen MR) is 171 cm³/mol. The molecule has 0 saturated carbocycles. The second kappa shape index (κ2) is 16.5. The molecule has 0 aliphatic heterocycles. The van der Waals surface area contributed by atoms with Crippen LogP contribution in [0.15, 0.2) is 48.5 Å². The van der Waals surface area contributed by atoms with Crippen LogP contribution in [0.1, 0.15) is 58.1 Å². The fourth-order valence-corrected chi connectivity index (χ4v) is 5.02. The summed E-state index contributed by atoms with van der Waals surface area (Å²) < 4.78 is 21.3. The minimum atomic E-state index is -1.49. The number of aliphatic carboxylic acids is 1. The highest BCUT2D eigenvalue weighted by atomic mass is 16.6. The van der Waals surface area contributed by atoms with E-state index in [1.54, 1.807) is 20.8 Å². The predicted octanol–water partition coefficient (Wildman–Crippen LogP) is 2.15. The third-order valence-electron chi connectivity index (χ3n) is 7.29. The van der Waals surface area contributed by atoms with Crippen LogP contribution >= 0.6 is 0 Å². The molecule has 47 heavy (non-hydrogen) atoms. The molecule has 0 heterocycles. The number of carboxylic acids is 1. The van der Waals surface area contributed by atoms with Crippen LogP contribution in [-0.4, -0.2) is 91.6 Å². The highest BCUT2D eigenvalue weighted by Gasteiger charge is 2.39. The summed E-state index contributed by atoms with van der Waals surface area (Å²) >= 11 is 0. The van der Waals surface area contributed by atoms with Crippen molar-refractivity contribution in [3.63, 3.8) is 0 Å². The number of carbonyl (C=O) groups is 5. The number of carboxylic acid groups (broad SMARTS) is 1. The first-order valence-electron chi connectivity index (χ1n) is 15.4. The Labute approximate surface area is 274 Å². The van der Waals surface area contributed by atoms with Crippen molar-refractivity contribution < 1.29 is 48.0 Å². The molecule has 0 fully saturated rings. The lowest BCUT2D eigenvalue weighted by Crippen LogP contribution is -2.58. The summed E-state index contributed by atoms with van der Waals surface area (Å²) in [5.74, 6) is -5.83. The zero-order valence-corrected chi connectivity index (χ0v) is 27.5. The van der Waals surface area contributed by atoms with E-state index in [4.69, 9.17) is 29.8 Å². The van der Waals surface area contributed by atoms with E-state index < -0.39 is 65.8 Å². The fraction of sp³-hybridized carbons (Fsp3) is 0.500. The lowest BCUT2D eigenvalue weighted by molar-refractivity contribution is -0.170. The smallest absolute Gasteiger partial charge is 0.329 e. The van der Waals surface area contributed by atoms with Crippen molar-refractivity contribution in [2.75, 3.05) is 39.6 Å². The van der Waals surface area contributed by atoms with Gasteiger partial charge in [0.05, 0.1) is 25.9 Å². The first kappa shape index (κ1) is 37.1. The molecule has 0 radical (unpaired) electrons. The van der Waals surface area contributed by atoms with Gasteiger partial charge in [0.25, 0.3) is 0 Å². The van der Waals surface area contributed by atoms with Gasteiger partial charge in [-0.15, -0.1) is 0 Å². The van der Waals surface area contributed by atoms with Crippen LogP contribution in [0.5, 0.6) is 0 Å². The van der Waals surface area contributed by atoms with Crippen LogP contribution in [0, 0.1) is 5.92 Å². The number of carbonyl (C=O) groups excluding carboxylic acids is 4. The molecule has 0 bridgehead atoms. The third-order valence-corrected chi connectivity index (χ3v) is 7.29. The second-order valence-corrected chi connectivity index (χ2v) is 12.7. The Hall–Kier alpha value is -4.33. The molecule has 1 aliphatic rings. The largest absolute Gasteiger partial charge is 0.480 e. The number of hydrogen-bond acceptors (Lipinski definition) is 10. The van der Waals surface area contributed by atoms with Gasteiger partial charge in [0, 0.05) is 12.5 Å². The average molecular weight is 656 g/mol. The number of rotatable bonds is 17. The first-order chi connectivity index (χ1) is 22.1. The zero-order valence-electron chi connectivity index (χ0n) is 27.5. The number of ether oxygens (including phenoxy) is 4. The maximum Gasteiger partial charge on any atom is 0.329 e. The molecule has 2 aromatic carbocycles. The maximum atomic E-state index is 13.4. The SMILES string of the molecule is CC(C)(C)OC(=O)[C@@H](CC(N)C(=O)NC(C)(C)C(=O)NCCOCCOCC(=O)O)C(=O)OCC1c2ccccc2-c2ccccc21. The number of hydrogen-bond donors (Lipinski definition) is 4. The van der Waals surface area contributed by atoms with Crippen LogP contribution < -0.4 is 16.4 Å². The molecule has 1 unspecified atom stereocenters. The Balaban J connectivity index is 1.59. The maximum absolute atomic E-state index is 13.4. The lowest BCUT2D eigenvalue weighted by atomic mass is 9.96. The lowest BCUT2D eigenvalue weighted by Gasteiger charge is -2.28. The van der Waals surface area contributed by atoms with Gasteiger partial charge in [-0.3, -0.25) is 19.2 Å². The van der Waals surface area contributed by atoms with Gasteiger partial charge < -0.3 is 40.4 Å². The van der Waals surface area contributed by atoms with Crippen molar-refractivity contribution in [1.82, 2.24) is 10.6 Å². The molecule has 0 spiro atoms. The van der Waals surface area contributed by atoms with Gasteiger partial charge >= 0.3 is 17.9 Å². The van der Waals surface area contributed by atoms with E-state index in [1.807, 2.05) is 48.5 Å². The standard InChI is InChI=1S/C34H45N3O10/c1-33(2,3)47-31(42)25(30(41)46-19-26-23-12-8-6-10-21(23)22-11-7-9-13-24(22)26)18-27(35)29(40)37-34(4,5)32(43)36-14-15-44-16-17-45-20-28(38)39/h6-13,25-27H,14-20,35H2,1-5H3,(H,36,43)(H,37,40)(H,38,39)/t25-,27?/m0/s1. The van der Waals surface area contributed by atoms with Crippen molar-refractivity contribution in [2.24, 2.45) is 11.7 Å². The van der Waals surface area contributed by atoms with Gasteiger partial charge in [-0.25, -0.2) is 4.79 Å². The molecule has 1 aliphatic carbocycles. The van der Waals surface area contributed by atoms with Crippen molar-refractivity contribution in [2.45, 2.75) is 64.1 Å². The van der Waals surface area contributed by atoms with Crippen LogP contribution in [0.4, 0.5) is 0 Å². The first-order valence-corrected chi connectivity index (χ1v) is 15.4. The Morgan fingerprint density at radius 1 is 0.851 bits per heavy atom. The number of nitrogens with two attached hydrogens (primary N) is 1. The summed E-state index contributed by atoms with van der Waals surface area (Å²) in [6, 6.07) is 14.3. The van der Waals surface area contributed by atoms with Crippen molar-refractivity contribution in [3.05, 3.63) is 59.7 Å². The summed E-state index contributed by atoms with van der Waals surface area (Å²) in [4.78, 5) is 62.9. The summed E-state index contributed by atoms with van der Waals surface area (Å²) in [5, 5.41) is 13.7. The van der Waals surface area contributed by atoms with E-state index in [9.17, 15) is 24.0 Å². The number of nitrogens with one attached hydrogen (secondary N) is 2. The molecule has 13 nitrogen and oxygen atoms in total. The van der Waals surface area contributed by atoms with Crippen LogP contribution in [0.3, 0.4) is 0 Å². The van der Waals surface area contributed by atoms with E-state index in [0.717, 1.165) is 22.3 Å². The Bertz CT molecular complexity index is 1390. The molecule has 13 heteroatoms. The Morgan fingerprint density at radius 2 is 1.43 bits per heavy atom. The average Bonchev–Trinajstić information content (AvgIpc) is 3.31. The monoisotopic (exact) mass is 655 g/mol. The molecule has 2 atom stereocenters. The van der Waals surface area contributed by atoms with Crippen LogP contribution in [0.2, 0.25) is 0 Å². The van der Waals surface area contributed by atoms with E-state index >= 15 is 0 Å². The summed E-state index contributed by atoms with van der Waals surface area (Å²) in [7, 11) is 0. The normalized spacial score (nSPS) is 13.9. The number of esters is 2. The molecule has 3 rings (SSSR count).